The summed E-state index contributed by atoms with van der Waals surface area (Å²) >= 11 is 0. The van der Waals surface area contributed by atoms with Gasteiger partial charge in [0.25, 0.3) is 0 Å². The fourth-order valence-electron chi connectivity index (χ4n) is 12.3. The van der Waals surface area contributed by atoms with Crippen LogP contribution in [0, 0.1) is 25.7 Å². The van der Waals surface area contributed by atoms with Gasteiger partial charge in [-0.25, -0.2) is 0 Å². The van der Waals surface area contributed by atoms with E-state index in [0.29, 0.717) is 7.92 Å². The number of hydrogen-bond donors (Lipinski definition) is 0. The Morgan fingerprint density at radius 2 is 0.462 bits per heavy atom. The first-order chi connectivity index (χ1) is 41.7. The molecule has 0 unspecified atom stereocenters. The minimum absolute atomic E-state index is 0. The summed E-state index contributed by atoms with van der Waals surface area (Å²) in [5, 5.41) is 0. The number of alkyl halides is 24. The van der Waals surface area contributed by atoms with Gasteiger partial charge in [-0.15, -0.1) is 0 Å². The monoisotopic (exact) mass is 1520 g/mol. The van der Waals surface area contributed by atoms with E-state index in [2.05, 4.69) is 30.7 Å². The van der Waals surface area contributed by atoms with Crippen LogP contribution in [0.5, 0.6) is 0 Å². The SMILES string of the molecule is C1CCC(P(C2CCCCC2)C2CCCCC2)CC1.FC(F)(F)c1cc([B-](c2cc(C(F)(F)F)cc(C(F)(F)F)c2)(c2cc(C(F)(F)F)cc(C(F)(F)F)c2)c2cc(C(F)(F)F)cc(C(F)(F)F)c2)cc(C(F)(F)F)c1.[CH]1[CH]CC[CH][CH]CC1.[Ir+3].c1ccncc1. The first-order valence-corrected chi connectivity index (χ1v) is 30.5. The molecule has 5 aromatic rings. The summed E-state index contributed by atoms with van der Waals surface area (Å²) in [7, 11) is 0.385. The Hall–Kier alpha value is -4.51. The average Bonchev–Trinajstić information content (AvgIpc) is 0.716. The first-order valence-electron chi connectivity index (χ1n) is 29.0. The van der Waals surface area contributed by atoms with Crippen molar-refractivity contribution in [3.8, 4) is 0 Å². The Morgan fingerprint density at radius 1 is 0.275 bits per heavy atom. The topological polar surface area (TPSA) is 12.9 Å². The number of halogens is 24. The second kappa shape index (κ2) is 31.8. The predicted molar refractivity (Wildman–Crippen MR) is 298 cm³/mol. The molecule has 4 aliphatic carbocycles. The van der Waals surface area contributed by atoms with Crippen molar-refractivity contribution < 1.29 is 125 Å². The minimum atomic E-state index is -6.13. The van der Waals surface area contributed by atoms with Gasteiger partial charge in [0.05, 0.1) is 44.5 Å². The Balaban J connectivity index is 0.000000352. The number of rotatable bonds is 7. The minimum Gasteiger partial charge on any atom is -0.265 e. The number of hydrogen-bond acceptors (Lipinski definition) is 1. The third kappa shape index (κ3) is 21.8. The molecule has 0 atom stereocenters. The Bertz CT molecular complexity index is 2510. The van der Waals surface area contributed by atoms with Crippen LogP contribution in [0.4, 0.5) is 105 Å². The van der Waals surface area contributed by atoms with E-state index in [1.54, 1.807) is 89.4 Å². The molecule has 4 radical (unpaired) electrons. The molecule has 0 aliphatic heterocycles. The van der Waals surface area contributed by atoms with E-state index < -0.39 is 195 Å². The molecule has 0 N–H and O–H groups in total. The van der Waals surface area contributed by atoms with Crippen molar-refractivity contribution in [1.82, 2.24) is 4.98 Å². The molecule has 1 aromatic heterocycles. The standard InChI is InChI=1S/C32H12BF24.C18H33P.C8H12.C5H5N.Ir/c34-25(35,36)13-1-14(26(37,38)39)6-21(5-13)33(22-7-15(27(40,41)42)2-16(8-22)28(43,44)45,23-9-17(29(46,47)48)3-18(10-23)30(49,50)51)24-11-19(31(52,53)54)4-20(12-24)32(55,56)57;1-4-10-16(11-5-1)19(17-12-6-2-7-13-17)18-14-8-3-9-15-18;1-2-4-6-8-7-5-3-1;1-2-4-6-5-3-1;/h1-12H;16-18H,1-15H2;1-2,7-8H,3-6H2;1-5H;/q-1;;;;+3. The summed E-state index contributed by atoms with van der Waals surface area (Å²) in [5.74, 6) is 0. The molecule has 1 heterocycles. The zero-order valence-electron chi connectivity index (χ0n) is 48.2. The molecule has 0 saturated heterocycles. The summed E-state index contributed by atoms with van der Waals surface area (Å²) in [6.45, 7) is 0. The van der Waals surface area contributed by atoms with Crippen LogP contribution >= 0.6 is 7.92 Å². The Labute approximate surface area is 526 Å². The van der Waals surface area contributed by atoms with E-state index in [1.165, 1.54) is 61.9 Å². The Morgan fingerprint density at radius 3 is 0.604 bits per heavy atom. The number of aromatic nitrogens is 1. The predicted octanol–water partition coefficient (Wildman–Crippen LogP) is 21.1. The maximum absolute atomic E-state index is 14.2. The van der Waals surface area contributed by atoms with Crippen molar-refractivity contribution in [2.24, 2.45) is 0 Å². The van der Waals surface area contributed by atoms with Gasteiger partial charge in [0.2, 0.25) is 0 Å². The molecule has 0 amide bonds. The summed E-state index contributed by atoms with van der Waals surface area (Å²) < 4.78 is 341. The van der Waals surface area contributed by atoms with Crippen LogP contribution < -0.4 is 21.9 Å². The van der Waals surface area contributed by atoms with Gasteiger partial charge >= 0.3 is 69.5 Å². The van der Waals surface area contributed by atoms with Crippen LogP contribution in [-0.2, 0) is 69.5 Å². The molecule has 4 aliphatic rings. The zero-order chi connectivity index (χ0) is 66.7. The number of nitrogens with zero attached hydrogens (tertiary/aromatic N) is 1. The van der Waals surface area contributed by atoms with Gasteiger partial charge in [0.1, 0.15) is 6.15 Å². The molecule has 4 fully saturated rings. The zero-order valence-corrected chi connectivity index (χ0v) is 51.5. The molecule has 28 heteroatoms. The van der Waals surface area contributed by atoms with Crippen LogP contribution in [0.15, 0.2) is 103 Å². The van der Waals surface area contributed by atoms with Gasteiger partial charge in [-0.3, -0.25) is 4.98 Å². The largest absolute Gasteiger partial charge is 3.00 e. The van der Waals surface area contributed by atoms with Gasteiger partial charge in [-0.2, -0.15) is 127 Å². The third-order valence-electron chi connectivity index (χ3n) is 16.3. The second-order valence-corrected chi connectivity index (χ2v) is 25.8. The van der Waals surface area contributed by atoms with Crippen LogP contribution in [-0.4, -0.2) is 28.1 Å². The van der Waals surface area contributed by atoms with Crippen molar-refractivity contribution in [1.29, 1.82) is 0 Å². The van der Waals surface area contributed by atoms with Crippen molar-refractivity contribution in [3.05, 3.63) is 174 Å². The smallest absolute Gasteiger partial charge is 0.265 e. The Kier molecular flexibility index (Phi) is 27.0. The summed E-state index contributed by atoms with van der Waals surface area (Å²) in [6, 6.07) is -3.10. The maximum atomic E-state index is 14.2. The van der Waals surface area contributed by atoms with Crippen molar-refractivity contribution in [2.75, 3.05) is 0 Å². The van der Waals surface area contributed by atoms with Gasteiger partial charge in [-0.05, 0) is 143 Å². The molecule has 502 valence electrons. The van der Waals surface area contributed by atoms with Gasteiger partial charge in [-0.1, -0.05) is 120 Å². The molecular formula is C63H62BF24IrNP+2. The van der Waals surface area contributed by atoms with E-state index in [-0.39, 0.29) is 20.1 Å². The van der Waals surface area contributed by atoms with Crippen molar-refractivity contribution >= 4 is 35.9 Å². The van der Waals surface area contributed by atoms with E-state index in [9.17, 15) is 105 Å². The molecule has 9 rings (SSSR count). The summed E-state index contributed by atoms with van der Waals surface area (Å²) in [4.78, 5) is 3.78. The van der Waals surface area contributed by atoms with Gasteiger partial charge < -0.3 is 0 Å². The fourth-order valence-corrected chi connectivity index (χ4v) is 16.9. The van der Waals surface area contributed by atoms with E-state index >= 15 is 0 Å². The van der Waals surface area contributed by atoms with Crippen LogP contribution in [0.2, 0.25) is 0 Å². The quantitative estimate of drug-likeness (QED) is 0.0899. The van der Waals surface area contributed by atoms with E-state index in [0.717, 1.165) is 0 Å². The second-order valence-electron chi connectivity index (χ2n) is 22.7. The van der Waals surface area contributed by atoms with E-state index in [1.807, 2.05) is 18.2 Å². The molecule has 1 nitrogen and oxygen atoms in total. The summed E-state index contributed by atoms with van der Waals surface area (Å²) in [6.07, 6.45) is -13.7. The van der Waals surface area contributed by atoms with Crippen molar-refractivity contribution in [2.45, 2.75) is 188 Å². The summed E-state index contributed by atoms with van der Waals surface area (Å²) in [5.41, 5.74) is -26.6. The van der Waals surface area contributed by atoms with Crippen LogP contribution in [0.1, 0.15) is 167 Å². The molecular weight excluding hydrogens is 1460 g/mol. The van der Waals surface area contributed by atoms with Crippen molar-refractivity contribution in [3.63, 3.8) is 0 Å². The van der Waals surface area contributed by atoms with Gasteiger partial charge in [0, 0.05) is 12.4 Å². The maximum Gasteiger partial charge on any atom is 3.00 e. The number of benzene rings is 4. The van der Waals surface area contributed by atoms with Crippen LogP contribution in [0.3, 0.4) is 0 Å². The molecule has 4 saturated carbocycles. The molecule has 0 bridgehead atoms. The normalized spacial score (nSPS) is 17.6. The average molecular weight is 1520 g/mol. The van der Waals surface area contributed by atoms with Gasteiger partial charge in [0.15, 0.2) is 0 Å². The fraction of sp³-hybridized carbons (Fsp3) is 0.476. The third-order valence-corrected chi connectivity index (χ3v) is 20.4. The van der Waals surface area contributed by atoms with Crippen LogP contribution in [0.25, 0.3) is 0 Å². The number of pyridine rings is 1. The van der Waals surface area contributed by atoms with E-state index in [4.69, 9.17) is 0 Å². The molecule has 91 heavy (non-hydrogen) atoms. The first kappa shape index (κ1) is 77.2. The molecule has 4 aromatic carbocycles. The molecule has 0 spiro atoms.